The SMILES string of the molecule is CC1=C(c2cc(F)cc(F)c2)C(c2ccc(C#CCN3CC(CF)C3)cc2)Oc2cc(O)ccc21.CC1=C(c2cc(F)cc(F)c2)C(c2ccc(C#CCN3CC(CF)C3)cc2)Oc2cc(OC3CCCCO3)ccc21. The van der Waals surface area contributed by atoms with Crippen molar-refractivity contribution in [3.8, 4) is 46.7 Å². The maximum atomic E-state index is 14.3. The Bertz CT molecular complexity index is 3240. The van der Waals surface area contributed by atoms with Gasteiger partial charge in [0.2, 0.25) is 0 Å². The quantitative estimate of drug-likeness (QED) is 0.108. The number of rotatable bonds is 10. The molecule has 13 heteroatoms. The zero-order valence-corrected chi connectivity index (χ0v) is 42.2. The molecule has 7 nitrogen and oxygen atoms in total. The molecule has 3 fully saturated rings. The summed E-state index contributed by atoms with van der Waals surface area (Å²) in [5.41, 5.74) is 8.72. The fourth-order valence-electron chi connectivity index (χ4n) is 10.3. The number of hydrogen-bond acceptors (Lipinski definition) is 7. The first kappa shape index (κ1) is 52.0. The fourth-order valence-corrected chi connectivity index (χ4v) is 10.3. The monoisotopic (exact) mass is 1030 g/mol. The van der Waals surface area contributed by atoms with E-state index < -0.39 is 35.5 Å². The molecule has 0 saturated carbocycles. The molecule has 11 rings (SSSR count). The molecule has 1 N–H and O–H groups in total. The summed E-state index contributed by atoms with van der Waals surface area (Å²) in [6.45, 7) is 8.15. The van der Waals surface area contributed by atoms with Gasteiger partial charge in [0.25, 0.3) is 0 Å². The molecule has 76 heavy (non-hydrogen) atoms. The Morgan fingerprint density at radius 3 is 1.47 bits per heavy atom. The highest BCUT2D eigenvalue weighted by molar-refractivity contribution is 5.96. The van der Waals surface area contributed by atoms with Gasteiger partial charge < -0.3 is 24.1 Å². The van der Waals surface area contributed by atoms with Crippen LogP contribution in [-0.4, -0.2) is 80.4 Å². The van der Waals surface area contributed by atoms with Crippen molar-refractivity contribution in [2.45, 2.75) is 51.6 Å². The third-order valence-corrected chi connectivity index (χ3v) is 14.3. The minimum absolute atomic E-state index is 0.0706. The number of ether oxygens (including phenoxy) is 4. The second-order valence-electron chi connectivity index (χ2n) is 19.9. The van der Waals surface area contributed by atoms with E-state index in [1.54, 1.807) is 12.1 Å². The Balaban J connectivity index is 0.000000175. The molecule has 3 atom stereocenters. The summed E-state index contributed by atoms with van der Waals surface area (Å²) >= 11 is 0. The van der Waals surface area contributed by atoms with E-state index in [2.05, 4.69) is 33.5 Å². The van der Waals surface area contributed by atoms with Crippen molar-refractivity contribution in [3.63, 3.8) is 0 Å². The molecule has 3 unspecified atom stereocenters. The van der Waals surface area contributed by atoms with Crippen LogP contribution in [0.2, 0.25) is 0 Å². The van der Waals surface area contributed by atoms with E-state index in [0.717, 1.165) is 102 Å². The molecule has 5 aliphatic heterocycles. The minimum atomic E-state index is -0.666. The largest absolute Gasteiger partial charge is 0.508 e. The summed E-state index contributed by atoms with van der Waals surface area (Å²) < 4.78 is 107. The first-order valence-electron chi connectivity index (χ1n) is 25.6. The van der Waals surface area contributed by atoms with Crippen molar-refractivity contribution >= 4 is 22.3 Å². The first-order valence-corrected chi connectivity index (χ1v) is 25.6. The third-order valence-electron chi connectivity index (χ3n) is 14.3. The summed E-state index contributed by atoms with van der Waals surface area (Å²) in [5, 5.41) is 9.96. The minimum Gasteiger partial charge on any atom is -0.508 e. The lowest BCUT2D eigenvalue weighted by molar-refractivity contribution is -0.105. The average molecular weight is 1040 g/mol. The van der Waals surface area contributed by atoms with Gasteiger partial charge in [-0.25, -0.2) is 17.6 Å². The van der Waals surface area contributed by atoms with Crippen molar-refractivity contribution in [1.82, 2.24) is 9.80 Å². The van der Waals surface area contributed by atoms with Crippen molar-refractivity contribution in [1.29, 1.82) is 0 Å². The van der Waals surface area contributed by atoms with E-state index in [1.807, 2.05) is 80.6 Å². The maximum Gasteiger partial charge on any atom is 0.199 e. The van der Waals surface area contributed by atoms with Gasteiger partial charge >= 0.3 is 0 Å². The molecule has 0 aromatic heterocycles. The van der Waals surface area contributed by atoms with E-state index in [4.69, 9.17) is 18.9 Å². The van der Waals surface area contributed by atoms with Crippen LogP contribution in [0.25, 0.3) is 22.3 Å². The molecule has 0 bridgehead atoms. The van der Waals surface area contributed by atoms with Gasteiger partial charge in [-0.1, -0.05) is 47.9 Å². The molecular formula is C63H56F6N2O5. The van der Waals surface area contributed by atoms with E-state index in [9.17, 15) is 31.4 Å². The number of likely N-dealkylation sites (tertiary alicyclic amines) is 2. The Morgan fingerprint density at radius 2 is 1.03 bits per heavy atom. The van der Waals surface area contributed by atoms with Crippen LogP contribution in [0.5, 0.6) is 23.0 Å². The van der Waals surface area contributed by atoms with Crippen molar-refractivity contribution in [2.24, 2.45) is 11.8 Å². The Labute approximate surface area is 439 Å². The number of fused-ring (bicyclic) bond motifs is 2. The maximum absolute atomic E-state index is 14.3. The number of phenolic OH excluding ortho intramolecular Hbond substituents is 1. The van der Waals surface area contributed by atoms with E-state index >= 15 is 0 Å². The molecule has 6 aromatic rings. The van der Waals surface area contributed by atoms with Gasteiger partial charge in [0.1, 0.15) is 58.5 Å². The number of nitrogens with zero attached hydrogens (tertiary/aromatic N) is 2. The van der Waals surface area contributed by atoms with Crippen LogP contribution in [0.1, 0.15) is 89.8 Å². The van der Waals surface area contributed by atoms with Gasteiger partial charge in [0.05, 0.1) is 33.0 Å². The zero-order chi connectivity index (χ0) is 52.9. The van der Waals surface area contributed by atoms with Crippen molar-refractivity contribution in [2.75, 3.05) is 59.2 Å². The van der Waals surface area contributed by atoms with Crippen LogP contribution in [0, 0.1) is 58.8 Å². The summed E-state index contributed by atoms with van der Waals surface area (Å²) in [4.78, 5) is 4.22. The van der Waals surface area contributed by atoms with Crippen LogP contribution < -0.4 is 14.2 Å². The topological polar surface area (TPSA) is 63.6 Å². The average Bonchev–Trinajstić information content (AvgIpc) is 3.38. The molecule has 0 amide bonds. The van der Waals surface area contributed by atoms with Crippen LogP contribution in [0.15, 0.2) is 121 Å². The number of allylic oxidation sites excluding steroid dienone is 2. The third kappa shape index (κ3) is 12.0. The number of alkyl halides is 2. The van der Waals surface area contributed by atoms with E-state index in [-0.39, 0.29) is 37.2 Å². The smallest absolute Gasteiger partial charge is 0.199 e. The Morgan fingerprint density at radius 1 is 0.566 bits per heavy atom. The molecular weight excluding hydrogens is 979 g/mol. The summed E-state index contributed by atoms with van der Waals surface area (Å²) in [6, 6.07) is 32.7. The molecule has 3 saturated heterocycles. The van der Waals surface area contributed by atoms with Crippen LogP contribution in [0.4, 0.5) is 26.3 Å². The fraction of sp³-hybridized carbons (Fsp3) is 0.302. The summed E-state index contributed by atoms with van der Waals surface area (Å²) in [6.07, 6.45) is 1.40. The van der Waals surface area contributed by atoms with E-state index in [1.165, 1.54) is 30.3 Å². The lowest BCUT2D eigenvalue weighted by Crippen LogP contribution is -2.47. The lowest BCUT2D eigenvalue weighted by Gasteiger charge is -2.36. The normalized spacial score (nSPS) is 19.4. The number of aromatic hydroxyl groups is 1. The Kier molecular flexibility index (Phi) is 15.9. The molecule has 5 aliphatic rings. The van der Waals surface area contributed by atoms with Crippen molar-refractivity contribution in [3.05, 3.63) is 189 Å². The summed E-state index contributed by atoms with van der Waals surface area (Å²) in [5.74, 6) is 12.1. The highest BCUT2D eigenvalue weighted by atomic mass is 19.2. The van der Waals surface area contributed by atoms with Gasteiger partial charge in [-0.2, -0.15) is 0 Å². The standard InChI is InChI=1S/C34H32F3NO3.C29H24F3NO2/c1-22-30-12-11-29(40-32-6-2-3-14-39-32)18-31(30)41-34(33(22)26-15-27(36)17-28(37)16-26)25-9-7-23(8-10-25)5-4-13-38-20-24(19-35)21-38;1-18-26-9-8-25(34)14-27(26)35-29(28(18)22-11-23(31)13-24(32)12-22)21-6-4-19(5-7-21)3-2-10-33-16-20(15-30)17-33/h7-12,15-18,24,32,34H,2-3,6,13-14,19-21H2,1H3;4-9,11-14,20,29,34H,10,15-17H2,1H3. The molecule has 0 radical (unpaired) electrons. The number of halogens is 6. The zero-order valence-electron chi connectivity index (χ0n) is 42.2. The number of benzene rings is 6. The van der Waals surface area contributed by atoms with Gasteiger partial charge in [0.15, 0.2) is 6.29 Å². The predicted octanol–water partition coefficient (Wildman–Crippen LogP) is 13.2. The number of phenols is 1. The van der Waals surface area contributed by atoms with Crippen LogP contribution in [0.3, 0.4) is 0 Å². The summed E-state index contributed by atoms with van der Waals surface area (Å²) in [7, 11) is 0. The lowest BCUT2D eigenvalue weighted by atomic mass is 9.86. The number of hydrogen-bond donors (Lipinski definition) is 1. The molecule has 5 heterocycles. The second kappa shape index (κ2) is 23.2. The molecule has 6 aromatic carbocycles. The molecule has 0 spiro atoms. The Hall–Kier alpha value is -7.42. The molecule has 0 aliphatic carbocycles. The second-order valence-corrected chi connectivity index (χ2v) is 19.9. The predicted molar refractivity (Wildman–Crippen MR) is 282 cm³/mol. The van der Waals surface area contributed by atoms with Crippen molar-refractivity contribution < 1.29 is 50.4 Å². The van der Waals surface area contributed by atoms with Gasteiger partial charge in [-0.05, 0) is 133 Å². The van der Waals surface area contributed by atoms with Gasteiger partial charge in [0, 0.05) is 102 Å². The van der Waals surface area contributed by atoms with Gasteiger partial charge in [-0.15, -0.1) is 0 Å². The molecule has 390 valence electrons. The van der Waals surface area contributed by atoms with Crippen LogP contribution >= 0.6 is 0 Å². The van der Waals surface area contributed by atoms with Crippen LogP contribution in [-0.2, 0) is 4.74 Å². The first-order chi connectivity index (χ1) is 36.9. The van der Waals surface area contributed by atoms with E-state index in [0.29, 0.717) is 59.2 Å². The highest BCUT2D eigenvalue weighted by Crippen LogP contribution is 2.49. The van der Waals surface area contributed by atoms with Gasteiger partial charge in [-0.3, -0.25) is 18.6 Å². The highest BCUT2D eigenvalue weighted by Gasteiger charge is 2.33.